The third kappa shape index (κ3) is 13.6. The number of primary amides is 1. The number of amides is 7. The predicted molar refractivity (Wildman–Crippen MR) is 224 cm³/mol. The van der Waals surface area contributed by atoms with E-state index in [-0.39, 0.29) is 45.3 Å². The number of aromatic amines is 1. The van der Waals surface area contributed by atoms with E-state index in [0.717, 1.165) is 10.9 Å². The van der Waals surface area contributed by atoms with Gasteiger partial charge in [-0.3, -0.25) is 33.6 Å². The van der Waals surface area contributed by atoms with Gasteiger partial charge in [0.05, 0.1) is 6.04 Å². The smallest absolute Gasteiger partial charge is 0.246 e. The molecular weight excluding hydrogens is 761 g/mol. The van der Waals surface area contributed by atoms with Gasteiger partial charge < -0.3 is 65.6 Å². The summed E-state index contributed by atoms with van der Waals surface area (Å²) in [4.78, 5) is 98.2. The Labute approximate surface area is 344 Å². The highest BCUT2D eigenvalue weighted by molar-refractivity contribution is 5.99. The molecule has 0 unspecified atom stereocenters. The maximum atomic E-state index is 14.3. The van der Waals surface area contributed by atoms with Crippen LogP contribution in [0.1, 0.15) is 84.1 Å². The molecule has 0 spiro atoms. The number of rotatable bonds is 13. The SMILES string of the molecule is CCCC[C@@H]1NC(=O)[C@H](CN)NC(=O)[C@H](Cc2c[nH]c3ccccc23)NC(=O)[C@@](C)(NC(=O)[C@@H](N)CN)CCC/C=C/CCC[C@@](C)(C(=O)N[C@@H](CN)C(N)=O)NC1=O. The van der Waals surface area contributed by atoms with Crippen LogP contribution in [0, 0.1) is 0 Å². The third-order valence-corrected chi connectivity index (χ3v) is 10.6. The van der Waals surface area contributed by atoms with E-state index in [1.165, 1.54) is 6.92 Å². The van der Waals surface area contributed by atoms with Crippen LogP contribution in [0.15, 0.2) is 42.6 Å². The summed E-state index contributed by atoms with van der Waals surface area (Å²) < 4.78 is 0. The van der Waals surface area contributed by atoms with Crippen molar-refractivity contribution in [3.63, 3.8) is 0 Å². The van der Waals surface area contributed by atoms with Gasteiger partial charge in [0.25, 0.3) is 0 Å². The lowest BCUT2D eigenvalue weighted by Gasteiger charge is -2.33. The molecule has 1 aliphatic heterocycles. The minimum Gasteiger partial charge on any atom is -0.368 e. The molecule has 2 aromatic rings. The molecule has 1 aromatic carbocycles. The quantitative estimate of drug-likeness (QED) is 0.0999. The summed E-state index contributed by atoms with van der Waals surface area (Å²) in [6, 6.07) is 1.36. The van der Waals surface area contributed by atoms with E-state index in [0.29, 0.717) is 44.1 Å². The molecule has 0 fully saturated rings. The lowest BCUT2D eigenvalue weighted by Crippen LogP contribution is -2.65. The third-order valence-electron chi connectivity index (χ3n) is 10.6. The number of nitrogens with one attached hydrogen (secondary N) is 7. The largest absolute Gasteiger partial charge is 0.368 e. The van der Waals surface area contributed by atoms with Gasteiger partial charge in [-0.25, -0.2) is 0 Å². The molecule has 326 valence electrons. The molecule has 0 radical (unpaired) electrons. The Kier molecular flexibility index (Phi) is 18.5. The van der Waals surface area contributed by atoms with Crippen molar-refractivity contribution in [1.29, 1.82) is 0 Å². The van der Waals surface area contributed by atoms with Crippen molar-refractivity contribution < 1.29 is 33.6 Å². The fraction of sp³-hybridized carbons (Fsp3) is 0.575. The molecule has 1 aliphatic rings. The lowest BCUT2D eigenvalue weighted by molar-refractivity contribution is -0.138. The number of aromatic nitrogens is 1. The van der Waals surface area contributed by atoms with Crippen LogP contribution in [0.3, 0.4) is 0 Å². The van der Waals surface area contributed by atoms with Crippen LogP contribution in [-0.2, 0) is 40.0 Å². The molecule has 19 heteroatoms. The van der Waals surface area contributed by atoms with Crippen molar-refractivity contribution in [3.05, 3.63) is 48.2 Å². The highest BCUT2D eigenvalue weighted by Gasteiger charge is 2.40. The molecule has 7 amide bonds. The second kappa shape index (κ2) is 22.7. The second-order valence-electron chi connectivity index (χ2n) is 15.5. The van der Waals surface area contributed by atoms with Crippen LogP contribution in [0.2, 0.25) is 0 Å². The maximum Gasteiger partial charge on any atom is 0.246 e. The lowest BCUT2D eigenvalue weighted by atomic mass is 9.91. The average Bonchev–Trinajstić information content (AvgIpc) is 3.62. The zero-order valence-corrected chi connectivity index (χ0v) is 34.4. The van der Waals surface area contributed by atoms with Crippen molar-refractivity contribution in [3.8, 4) is 0 Å². The number of carbonyl (C=O) groups excluding carboxylic acids is 7. The van der Waals surface area contributed by atoms with Gasteiger partial charge in [-0.05, 0) is 70.4 Å². The summed E-state index contributed by atoms with van der Waals surface area (Å²) in [5.74, 6) is -5.05. The number of nitrogens with two attached hydrogens (primary N) is 5. The highest BCUT2D eigenvalue weighted by atomic mass is 16.2. The summed E-state index contributed by atoms with van der Waals surface area (Å²) in [6.45, 7) is 4.16. The zero-order chi connectivity index (χ0) is 43.8. The van der Waals surface area contributed by atoms with Crippen molar-refractivity contribution in [2.45, 2.75) is 126 Å². The number of benzene rings is 1. The summed E-state index contributed by atoms with van der Waals surface area (Å²) in [5, 5.41) is 17.1. The summed E-state index contributed by atoms with van der Waals surface area (Å²) in [5.41, 5.74) is 27.1. The van der Waals surface area contributed by atoms with Gasteiger partial charge >= 0.3 is 0 Å². The summed E-state index contributed by atoms with van der Waals surface area (Å²) in [7, 11) is 0. The predicted octanol–water partition coefficient (Wildman–Crippen LogP) is -1.81. The fourth-order valence-electron chi connectivity index (χ4n) is 6.74. The molecule has 3 rings (SSSR count). The van der Waals surface area contributed by atoms with Crippen molar-refractivity contribution in [2.75, 3.05) is 19.6 Å². The second-order valence-corrected chi connectivity index (χ2v) is 15.5. The Bertz CT molecular complexity index is 1820. The number of carbonyl (C=O) groups is 7. The van der Waals surface area contributed by atoms with Crippen molar-refractivity contribution in [2.24, 2.45) is 28.7 Å². The number of para-hydroxylation sites is 1. The first-order chi connectivity index (χ1) is 28.0. The van der Waals surface area contributed by atoms with Gasteiger partial charge in [-0.15, -0.1) is 0 Å². The molecule has 59 heavy (non-hydrogen) atoms. The Balaban J connectivity index is 2.06. The van der Waals surface area contributed by atoms with Crippen molar-refractivity contribution in [1.82, 2.24) is 36.9 Å². The molecular formula is C40H64N12O7. The van der Waals surface area contributed by atoms with Gasteiger partial charge in [0.2, 0.25) is 41.4 Å². The monoisotopic (exact) mass is 825 g/mol. The molecule has 1 aromatic heterocycles. The Morgan fingerprint density at radius 3 is 2.14 bits per heavy atom. The van der Waals surface area contributed by atoms with Crippen LogP contribution in [0.4, 0.5) is 0 Å². The molecule has 0 saturated carbocycles. The topological polar surface area (TPSA) is 338 Å². The first-order valence-corrected chi connectivity index (χ1v) is 20.2. The van der Waals surface area contributed by atoms with E-state index < -0.39 is 82.6 Å². The van der Waals surface area contributed by atoms with Gasteiger partial charge in [-0.1, -0.05) is 50.1 Å². The van der Waals surface area contributed by atoms with Gasteiger partial charge in [0, 0.05) is 43.2 Å². The van der Waals surface area contributed by atoms with Crippen molar-refractivity contribution >= 4 is 52.3 Å². The zero-order valence-electron chi connectivity index (χ0n) is 34.4. The average molecular weight is 825 g/mol. The number of unbranched alkanes of at least 4 members (excludes halogenated alkanes) is 1. The van der Waals surface area contributed by atoms with E-state index in [2.05, 4.69) is 36.9 Å². The standard InChI is InChI=1S/C40H64N12O7/c1-4-5-15-28-36(57)52-40(3,38(59)50-30(21-42)32(45)53)18-13-9-7-6-8-12-17-39(2,51-33(54)26(44)20-41)37(58)49-29(34(55)48-31(22-43)35(56)47-28)19-24-23-46-27-16-11-10-14-25(24)27/h6-7,10-11,14,16,23,26,28-31,46H,4-5,8-9,12-13,15,17-22,41-44H2,1-3H3,(H2,45,53)(H,47,56)(H,48,55)(H,49,58)(H,50,59)(H,51,54)(H,52,57)/b7-6+/t26-,28-,29-,30-,31-,39-,40-/m0/s1. The molecule has 0 bridgehead atoms. The molecule has 19 nitrogen and oxygen atoms in total. The molecule has 7 atom stereocenters. The van der Waals surface area contributed by atoms with E-state index in [4.69, 9.17) is 28.7 Å². The van der Waals surface area contributed by atoms with E-state index in [9.17, 15) is 33.6 Å². The summed E-state index contributed by atoms with van der Waals surface area (Å²) in [6.07, 6.45) is 8.99. The van der Waals surface area contributed by atoms with Gasteiger partial charge in [0.15, 0.2) is 0 Å². The van der Waals surface area contributed by atoms with E-state index in [1.807, 2.05) is 43.3 Å². The first-order valence-electron chi connectivity index (χ1n) is 20.2. The van der Waals surface area contributed by atoms with Crippen LogP contribution < -0.4 is 60.6 Å². The van der Waals surface area contributed by atoms with Crippen LogP contribution >= 0.6 is 0 Å². The minimum absolute atomic E-state index is 0.0154. The number of allylic oxidation sites excluding steroid dienone is 2. The first kappa shape index (κ1) is 48.0. The number of hydrogen-bond donors (Lipinski definition) is 12. The minimum atomic E-state index is -1.56. The molecule has 17 N–H and O–H groups in total. The van der Waals surface area contributed by atoms with Crippen LogP contribution in [0.25, 0.3) is 10.9 Å². The maximum absolute atomic E-state index is 14.3. The molecule has 2 heterocycles. The number of hydrogen-bond acceptors (Lipinski definition) is 11. The Morgan fingerprint density at radius 2 is 1.51 bits per heavy atom. The molecule has 0 saturated heterocycles. The normalized spacial score (nSPS) is 25.8. The molecule has 0 aliphatic carbocycles. The van der Waals surface area contributed by atoms with Crippen LogP contribution in [-0.4, -0.2) is 107 Å². The number of H-pyrrole nitrogens is 1. The fourth-order valence-corrected chi connectivity index (χ4v) is 6.74. The Morgan fingerprint density at radius 1 is 0.864 bits per heavy atom. The van der Waals surface area contributed by atoms with E-state index >= 15 is 0 Å². The van der Waals surface area contributed by atoms with E-state index in [1.54, 1.807) is 13.1 Å². The van der Waals surface area contributed by atoms with Gasteiger partial charge in [0.1, 0.15) is 35.2 Å². The Hall–Kier alpha value is -5.37. The van der Waals surface area contributed by atoms with Crippen LogP contribution in [0.5, 0.6) is 0 Å². The summed E-state index contributed by atoms with van der Waals surface area (Å²) >= 11 is 0. The highest BCUT2D eigenvalue weighted by Crippen LogP contribution is 2.22. The number of fused-ring (bicyclic) bond motifs is 1. The van der Waals surface area contributed by atoms with Gasteiger partial charge in [-0.2, -0.15) is 0 Å².